The van der Waals surface area contributed by atoms with Gasteiger partial charge in [-0.3, -0.25) is 4.79 Å². The number of fused-ring (bicyclic) bond motifs is 1. The van der Waals surface area contributed by atoms with Crippen molar-refractivity contribution in [3.63, 3.8) is 0 Å². The van der Waals surface area contributed by atoms with Crippen molar-refractivity contribution in [2.24, 2.45) is 23.2 Å². The van der Waals surface area contributed by atoms with Crippen molar-refractivity contribution >= 4 is 12.0 Å². The third-order valence-electron chi connectivity index (χ3n) is 7.12. The van der Waals surface area contributed by atoms with E-state index in [4.69, 9.17) is 9.47 Å². The summed E-state index contributed by atoms with van der Waals surface area (Å²) >= 11 is 0. The van der Waals surface area contributed by atoms with Gasteiger partial charge in [-0.25, -0.2) is 4.79 Å². The molecule has 0 saturated carbocycles. The first-order chi connectivity index (χ1) is 17.0. The summed E-state index contributed by atoms with van der Waals surface area (Å²) in [6.07, 6.45) is 9.01. The molecule has 0 radical (unpaired) electrons. The van der Waals surface area contributed by atoms with Gasteiger partial charge in [0.1, 0.15) is 5.60 Å². The quantitative estimate of drug-likeness (QED) is 0.382. The monoisotopic (exact) mass is 496 g/mol. The van der Waals surface area contributed by atoms with Crippen molar-refractivity contribution in [1.82, 2.24) is 10.6 Å². The molecule has 0 spiro atoms. The van der Waals surface area contributed by atoms with Gasteiger partial charge in [-0.15, -0.1) is 0 Å². The fraction of sp³-hybridized carbons (Fsp3) is 0.600. The Morgan fingerprint density at radius 2 is 1.89 bits per heavy atom. The van der Waals surface area contributed by atoms with E-state index >= 15 is 0 Å². The van der Waals surface area contributed by atoms with E-state index in [-0.39, 0.29) is 35.1 Å². The highest BCUT2D eigenvalue weighted by atomic mass is 16.6. The molecular formula is C30H44N2O4. The smallest absolute Gasteiger partial charge is 0.407 e. The fourth-order valence-electron chi connectivity index (χ4n) is 5.15. The van der Waals surface area contributed by atoms with Gasteiger partial charge in [-0.2, -0.15) is 0 Å². The van der Waals surface area contributed by atoms with Gasteiger partial charge in [0.2, 0.25) is 5.91 Å². The lowest BCUT2D eigenvalue weighted by Crippen LogP contribution is -2.51. The zero-order valence-corrected chi connectivity index (χ0v) is 22.8. The highest BCUT2D eigenvalue weighted by molar-refractivity contribution is 5.82. The maximum absolute atomic E-state index is 12.9. The molecule has 2 amide bonds. The summed E-state index contributed by atoms with van der Waals surface area (Å²) < 4.78 is 11.6. The number of alkyl carbamates (subject to hydrolysis) is 1. The second-order valence-corrected chi connectivity index (χ2v) is 11.9. The molecule has 2 N–H and O–H groups in total. The lowest BCUT2D eigenvalue weighted by Gasteiger charge is -2.42. The largest absolute Gasteiger partial charge is 0.444 e. The Kier molecular flexibility index (Phi) is 9.40. The topological polar surface area (TPSA) is 76.7 Å². The summed E-state index contributed by atoms with van der Waals surface area (Å²) in [5, 5.41) is 6.32. The van der Waals surface area contributed by atoms with Gasteiger partial charge in [0.05, 0.1) is 6.61 Å². The lowest BCUT2D eigenvalue weighted by molar-refractivity contribution is -0.126. The van der Waals surface area contributed by atoms with Crippen LogP contribution in [0, 0.1) is 23.2 Å². The molecule has 3 rings (SSSR count). The van der Waals surface area contributed by atoms with Crippen molar-refractivity contribution in [3.05, 3.63) is 59.8 Å². The van der Waals surface area contributed by atoms with E-state index in [1.807, 2.05) is 51.1 Å². The molecule has 4 atom stereocenters. The van der Waals surface area contributed by atoms with E-state index in [2.05, 4.69) is 49.6 Å². The fourth-order valence-corrected chi connectivity index (χ4v) is 5.15. The predicted octanol–water partition coefficient (Wildman–Crippen LogP) is 6.14. The van der Waals surface area contributed by atoms with Crippen LogP contribution < -0.4 is 10.6 Å². The Morgan fingerprint density at radius 1 is 1.17 bits per heavy atom. The second kappa shape index (κ2) is 12.1. The maximum atomic E-state index is 12.9. The first-order valence-electron chi connectivity index (χ1n) is 13.3. The number of piperidine rings is 1. The predicted molar refractivity (Wildman–Crippen MR) is 143 cm³/mol. The van der Waals surface area contributed by atoms with Gasteiger partial charge < -0.3 is 20.1 Å². The molecule has 0 aromatic heterocycles. The number of hydrogen-bond acceptors (Lipinski definition) is 4. The summed E-state index contributed by atoms with van der Waals surface area (Å²) in [5.41, 5.74) is 1.47. The number of amides is 2. The first-order valence-corrected chi connectivity index (χ1v) is 13.3. The van der Waals surface area contributed by atoms with Crippen LogP contribution in [0.2, 0.25) is 0 Å². The number of benzene rings is 1. The van der Waals surface area contributed by atoms with Gasteiger partial charge in [0.25, 0.3) is 0 Å². The lowest BCUT2D eigenvalue weighted by atomic mass is 9.69. The minimum absolute atomic E-state index is 0.0114. The Balaban J connectivity index is 1.70. The molecule has 1 aromatic rings. The average Bonchev–Trinajstić information content (AvgIpc) is 2.80. The Morgan fingerprint density at radius 3 is 2.56 bits per heavy atom. The van der Waals surface area contributed by atoms with Crippen molar-refractivity contribution in [3.8, 4) is 0 Å². The van der Waals surface area contributed by atoms with Crippen LogP contribution in [0.1, 0.15) is 72.8 Å². The van der Waals surface area contributed by atoms with Crippen molar-refractivity contribution in [1.29, 1.82) is 0 Å². The summed E-state index contributed by atoms with van der Waals surface area (Å²) in [6, 6.07) is 10.0. The van der Waals surface area contributed by atoms with Crippen LogP contribution in [0.15, 0.2) is 54.3 Å². The average molecular weight is 497 g/mol. The highest BCUT2D eigenvalue weighted by Crippen LogP contribution is 2.40. The van der Waals surface area contributed by atoms with Crippen molar-refractivity contribution in [2.75, 3.05) is 6.61 Å². The van der Waals surface area contributed by atoms with Crippen LogP contribution in [0.5, 0.6) is 0 Å². The first kappa shape index (κ1) is 28.0. The molecule has 1 unspecified atom stereocenters. The van der Waals surface area contributed by atoms with E-state index in [0.29, 0.717) is 13.2 Å². The minimum Gasteiger partial charge on any atom is -0.444 e. The standard InChI is InChI=1S/C30H44N2O4/c1-7-22-18-24-23(14-11-15-25(24)31-27(22)33)26(32-28(34)36-29(2,3)4)19-30(5,6)16-17-35-20-21-12-9-8-10-13-21/h8-15,22-24,26H,7,16-20H2,1-6H3,(H,31,33)(H,32,34)/t22-,23+,24?,26+/m1/s1. The van der Waals surface area contributed by atoms with E-state index in [0.717, 1.165) is 36.9 Å². The van der Waals surface area contributed by atoms with Gasteiger partial charge in [0.15, 0.2) is 0 Å². The van der Waals surface area contributed by atoms with Crippen LogP contribution in [0.25, 0.3) is 0 Å². The normalized spacial score (nSPS) is 22.8. The van der Waals surface area contributed by atoms with Crippen LogP contribution in [0.4, 0.5) is 4.79 Å². The van der Waals surface area contributed by atoms with Gasteiger partial charge >= 0.3 is 6.09 Å². The number of allylic oxidation sites excluding steroid dienone is 3. The maximum Gasteiger partial charge on any atom is 0.407 e. The zero-order chi connectivity index (χ0) is 26.3. The summed E-state index contributed by atoms with van der Waals surface area (Å²) in [7, 11) is 0. The molecule has 198 valence electrons. The van der Waals surface area contributed by atoms with Gasteiger partial charge in [-0.1, -0.05) is 63.3 Å². The van der Waals surface area contributed by atoms with Crippen LogP contribution in [0.3, 0.4) is 0 Å². The molecule has 1 aliphatic carbocycles. The number of hydrogen-bond donors (Lipinski definition) is 2. The molecular weight excluding hydrogens is 452 g/mol. The molecule has 6 heteroatoms. The third-order valence-corrected chi connectivity index (χ3v) is 7.12. The van der Waals surface area contributed by atoms with Crippen molar-refractivity contribution < 1.29 is 19.1 Å². The number of carbonyl (C=O) groups is 2. The Labute approximate surface area is 216 Å². The Hall–Kier alpha value is -2.60. The van der Waals surface area contributed by atoms with Crippen molar-refractivity contribution in [2.45, 2.75) is 85.5 Å². The summed E-state index contributed by atoms with van der Waals surface area (Å²) in [5.74, 6) is 0.309. The molecule has 6 nitrogen and oxygen atoms in total. The van der Waals surface area contributed by atoms with E-state index < -0.39 is 11.7 Å². The third kappa shape index (κ3) is 8.22. The van der Waals surface area contributed by atoms with Crippen LogP contribution >= 0.6 is 0 Å². The van der Waals surface area contributed by atoms with Crippen LogP contribution in [-0.2, 0) is 20.9 Å². The summed E-state index contributed by atoms with van der Waals surface area (Å²) in [4.78, 5) is 25.4. The van der Waals surface area contributed by atoms with E-state index in [9.17, 15) is 9.59 Å². The highest BCUT2D eigenvalue weighted by Gasteiger charge is 2.41. The van der Waals surface area contributed by atoms with E-state index in [1.165, 1.54) is 0 Å². The van der Waals surface area contributed by atoms with E-state index in [1.54, 1.807) is 0 Å². The molecule has 1 saturated heterocycles. The molecule has 1 aliphatic heterocycles. The molecule has 36 heavy (non-hydrogen) atoms. The molecule has 0 bridgehead atoms. The van der Waals surface area contributed by atoms with Gasteiger partial charge in [-0.05, 0) is 63.5 Å². The molecule has 1 heterocycles. The minimum atomic E-state index is -0.574. The summed E-state index contributed by atoms with van der Waals surface area (Å²) in [6.45, 7) is 13.4. The Bertz CT molecular complexity index is 945. The SMILES string of the molecule is CC[C@@H]1CC2C(=CC=C[C@@H]2[C@H](CC(C)(C)CCOCc2ccccc2)NC(=O)OC(C)(C)C)NC1=O. The molecule has 2 aliphatic rings. The number of carbonyl (C=O) groups excluding carboxylic acids is 2. The number of ether oxygens (including phenoxy) is 2. The number of nitrogens with one attached hydrogen (secondary N) is 2. The number of rotatable bonds is 10. The van der Waals surface area contributed by atoms with Gasteiger partial charge in [0, 0.05) is 36.1 Å². The van der Waals surface area contributed by atoms with Crippen LogP contribution in [-0.4, -0.2) is 30.3 Å². The second-order valence-electron chi connectivity index (χ2n) is 11.9. The zero-order valence-electron chi connectivity index (χ0n) is 22.8. The molecule has 1 fully saturated rings. The molecule has 1 aromatic carbocycles.